The van der Waals surface area contributed by atoms with Crippen LogP contribution >= 0.6 is 0 Å². The third-order valence-corrected chi connectivity index (χ3v) is 1.15. The van der Waals surface area contributed by atoms with Gasteiger partial charge in [-0.25, -0.2) is 4.73 Å². The van der Waals surface area contributed by atoms with E-state index in [2.05, 4.69) is 4.98 Å². The van der Waals surface area contributed by atoms with Crippen molar-refractivity contribution in [1.82, 2.24) is 4.98 Å². The van der Waals surface area contributed by atoms with Crippen LogP contribution in [0.25, 0.3) is 0 Å². The highest BCUT2D eigenvalue weighted by molar-refractivity contribution is 5.03. The maximum absolute atomic E-state index is 10.7. The number of aromatic nitrogens is 2. The minimum atomic E-state index is 0.388. The first kappa shape index (κ1) is 6.80. The van der Waals surface area contributed by atoms with Gasteiger partial charge in [-0.1, -0.05) is 0 Å². The molecule has 4 nitrogen and oxygen atoms in total. The maximum Gasteiger partial charge on any atom is 0.331 e. The standard InChI is InChI=1S/C6H8N2O2/c1-5-7-6(10-2)3-4-8(5)9/h3-4H,1-2H3. The van der Waals surface area contributed by atoms with Gasteiger partial charge in [0, 0.05) is 6.92 Å². The summed E-state index contributed by atoms with van der Waals surface area (Å²) in [5.41, 5.74) is 0. The maximum atomic E-state index is 10.7. The van der Waals surface area contributed by atoms with Crippen LogP contribution in [0.15, 0.2) is 12.3 Å². The topological polar surface area (TPSA) is 49.1 Å². The normalized spacial score (nSPS) is 9.40. The van der Waals surface area contributed by atoms with E-state index in [0.29, 0.717) is 16.4 Å². The Morgan fingerprint density at radius 2 is 2.40 bits per heavy atom. The highest BCUT2D eigenvalue weighted by Crippen LogP contribution is 2.00. The van der Waals surface area contributed by atoms with Crippen LogP contribution in [0, 0.1) is 12.1 Å². The molecule has 0 aliphatic rings. The van der Waals surface area contributed by atoms with Gasteiger partial charge in [0.05, 0.1) is 13.2 Å². The van der Waals surface area contributed by atoms with Crippen LogP contribution in [0.2, 0.25) is 0 Å². The van der Waals surface area contributed by atoms with E-state index < -0.39 is 0 Å². The molecule has 0 aliphatic heterocycles. The molecule has 1 heterocycles. The van der Waals surface area contributed by atoms with Gasteiger partial charge in [0.1, 0.15) is 6.20 Å². The van der Waals surface area contributed by atoms with Gasteiger partial charge < -0.3 is 9.94 Å². The summed E-state index contributed by atoms with van der Waals surface area (Å²) in [6.07, 6.45) is 1.36. The monoisotopic (exact) mass is 140 g/mol. The van der Waals surface area contributed by atoms with E-state index in [0.717, 1.165) is 0 Å². The van der Waals surface area contributed by atoms with E-state index in [1.54, 1.807) is 6.92 Å². The molecule has 0 saturated heterocycles. The van der Waals surface area contributed by atoms with Gasteiger partial charge in [-0.15, -0.1) is 0 Å². The van der Waals surface area contributed by atoms with Crippen molar-refractivity contribution in [3.63, 3.8) is 0 Å². The first-order chi connectivity index (χ1) is 4.74. The van der Waals surface area contributed by atoms with Gasteiger partial charge in [-0.3, -0.25) is 0 Å². The van der Waals surface area contributed by atoms with E-state index in [1.807, 2.05) is 0 Å². The zero-order valence-corrected chi connectivity index (χ0v) is 5.87. The molecule has 0 amide bonds. The third kappa shape index (κ3) is 1.15. The lowest BCUT2D eigenvalue weighted by molar-refractivity contribution is -0.616. The van der Waals surface area contributed by atoms with Crippen LogP contribution in [0.4, 0.5) is 0 Å². The van der Waals surface area contributed by atoms with E-state index >= 15 is 0 Å². The summed E-state index contributed by atoms with van der Waals surface area (Å²) in [5.74, 6) is 0.851. The average molecular weight is 140 g/mol. The number of nitrogens with zero attached hydrogens (tertiary/aromatic N) is 2. The molecule has 54 valence electrons. The van der Waals surface area contributed by atoms with E-state index in [9.17, 15) is 5.21 Å². The molecule has 0 unspecified atom stereocenters. The van der Waals surface area contributed by atoms with Crippen LogP contribution in [0.5, 0.6) is 5.88 Å². The lowest BCUT2D eigenvalue weighted by Gasteiger charge is -2.01. The summed E-state index contributed by atoms with van der Waals surface area (Å²) in [6, 6.07) is 1.51. The fraction of sp³-hybridized carbons (Fsp3) is 0.333. The minimum Gasteiger partial charge on any atom is -0.711 e. The second-order valence-corrected chi connectivity index (χ2v) is 1.84. The molecular formula is C6H8N2O2. The smallest absolute Gasteiger partial charge is 0.331 e. The van der Waals surface area contributed by atoms with Crippen LogP contribution in [0.1, 0.15) is 5.82 Å². The number of hydrogen-bond acceptors (Lipinski definition) is 3. The van der Waals surface area contributed by atoms with E-state index in [-0.39, 0.29) is 0 Å². The number of ether oxygens (including phenoxy) is 1. The molecule has 0 aliphatic carbocycles. The molecule has 0 N–H and O–H groups in total. The molecule has 10 heavy (non-hydrogen) atoms. The largest absolute Gasteiger partial charge is 0.711 e. The van der Waals surface area contributed by atoms with Crippen LogP contribution in [-0.4, -0.2) is 12.1 Å². The molecule has 0 radical (unpaired) electrons. The quantitative estimate of drug-likeness (QED) is 0.408. The van der Waals surface area contributed by atoms with Gasteiger partial charge in [0.15, 0.2) is 0 Å². The molecule has 0 spiro atoms. The Labute approximate surface area is 58.7 Å². The van der Waals surface area contributed by atoms with Crippen molar-refractivity contribution >= 4 is 0 Å². The van der Waals surface area contributed by atoms with Gasteiger partial charge in [-0.05, 0) is 4.98 Å². The Bertz CT molecular complexity index is 237. The van der Waals surface area contributed by atoms with Crippen LogP contribution < -0.4 is 9.47 Å². The molecule has 1 aromatic heterocycles. The Hall–Kier alpha value is -1.32. The summed E-state index contributed by atoms with van der Waals surface area (Å²) >= 11 is 0. The third-order valence-electron chi connectivity index (χ3n) is 1.15. The zero-order chi connectivity index (χ0) is 7.56. The molecule has 4 heteroatoms. The fourth-order valence-corrected chi connectivity index (χ4v) is 0.599. The molecule has 0 bridgehead atoms. The number of hydrogen-bond donors (Lipinski definition) is 0. The molecule has 0 atom stereocenters. The average Bonchev–Trinajstić information content (AvgIpc) is 1.95. The van der Waals surface area contributed by atoms with Gasteiger partial charge in [0.2, 0.25) is 0 Å². The second kappa shape index (κ2) is 2.51. The number of aryl methyl sites for hydroxylation is 1. The predicted octanol–water partition coefficient (Wildman–Crippen LogP) is 0.0320. The zero-order valence-electron chi connectivity index (χ0n) is 5.87. The van der Waals surface area contributed by atoms with Crippen LogP contribution in [-0.2, 0) is 0 Å². The van der Waals surface area contributed by atoms with Crippen molar-refractivity contribution in [3.8, 4) is 5.88 Å². The summed E-state index contributed by atoms with van der Waals surface area (Å²) in [5, 5.41) is 10.7. The SMILES string of the molecule is COc1cc[n+]([O-])c(C)n1. The van der Waals surface area contributed by atoms with Crippen molar-refractivity contribution < 1.29 is 9.47 Å². The molecule has 0 aromatic carbocycles. The van der Waals surface area contributed by atoms with Crippen molar-refractivity contribution in [2.45, 2.75) is 6.92 Å². The molecule has 1 aromatic rings. The van der Waals surface area contributed by atoms with Gasteiger partial charge in [-0.2, -0.15) is 0 Å². The van der Waals surface area contributed by atoms with Crippen molar-refractivity contribution in [1.29, 1.82) is 0 Å². The molecule has 1 rings (SSSR count). The summed E-state index contributed by atoms with van der Waals surface area (Å²) in [4.78, 5) is 3.82. The lowest BCUT2D eigenvalue weighted by Crippen LogP contribution is -2.30. The Morgan fingerprint density at radius 3 is 2.90 bits per heavy atom. The number of rotatable bonds is 1. The minimum absolute atomic E-state index is 0.388. The van der Waals surface area contributed by atoms with Gasteiger partial charge >= 0.3 is 11.7 Å². The lowest BCUT2D eigenvalue weighted by atomic mass is 10.6. The fourth-order valence-electron chi connectivity index (χ4n) is 0.599. The van der Waals surface area contributed by atoms with E-state index in [1.165, 1.54) is 19.4 Å². The predicted molar refractivity (Wildman–Crippen MR) is 34.5 cm³/mol. The first-order valence-electron chi connectivity index (χ1n) is 2.85. The van der Waals surface area contributed by atoms with Crippen molar-refractivity contribution in [2.75, 3.05) is 7.11 Å². The molecule has 0 fully saturated rings. The van der Waals surface area contributed by atoms with Gasteiger partial charge in [0.25, 0.3) is 0 Å². The number of methoxy groups -OCH3 is 1. The van der Waals surface area contributed by atoms with Crippen molar-refractivity contribution in [3.05, 3.63) is 23.3 Å². The molecule has 0 saturated carbocycles. The first-order valence-corrected chi connectivity index (χ1v) is 2.85. The highest BCUT2D eigenvalue weighted by Gasteiger charge is 2.03. The van der Waals surface area contributed by atoms with Crippen molar-refractivity contribution in [2.24, 2.45) is 0 Å². The Morgan fingerprint density at radius 1 is 1.70 bits per heavy atom. The second-order valence-electron chi connectivity index (χ2n) is 1.84. The Kier molecular flexibility index (Phi) is 1.71. The summed E-state index contributed by atoms with van der Waals surface area (Å²) < 4.78 is 5.47. The van der Waals surface area contributed by atoms with Crippen LogP contribution in [0.3, 0.4) is 0 Å². The van der Waals surface area contributed by atoms with E-state index in [4.69, 9.17) is 4.74 Å². The highest BCUT2D eigenvalue weighted by atomic mass is 16.5. The summed E-state index contributed by atoms with van der Waals surface area (Å²) in [6.45, 7) is 1.62. The molecular weight excluding hydrogens is 132 g/mol. The summed E-state index contributed by atoms with van der Waals surface area (Å²) in [7, 11) is 1.51. The Balaban J connectivity index is 3.04.